The molecule has 4 rings (SSSR count). The van der Waals surface area contributed by atoms with Gasteiger partial charge in [-0.05, 0) is 48.2 Å². The lowest BCUT2D eigenvalue weighted by Crippen LogP contribution is -2.43. The first-order chi connectivity index (χ1) is 16.1. The van der Waals surface area contributed by atoms with Crippen molar-refractivity contribution in [1.29, 1.82) is 0 Å². The molecule has 0 radical (unpaired) electrons. The van der Waals surface area contributed by atoms with Crippen molar-refractivity contribution in [2.75, 3.05) is 34.4 Å². The maximum Gasteiger partial charge on any atom is 0.227 e. The fraction of sp³-hybridized carbons (Fsp3) is 0.333. The number of para-hydroxylation sites is 1. The number of methoxy groups -OCH3 is 2. The summed E-state index contributed by atoms with van der Waals surface area (Å²) in [6.07, 6.45) is 5.13. The molecule has 6 nitrogen and oxygen atoms in total. The summed E-state index contributed by atoms with van der Waals surface area (Å²) < 4.78 is 11.1. The minimum absolute atomic E-state index is 0.0920. The van der Waals surface area contributed by atoms with Crippen LogP contribution in [0.25, 0.3) is 11.1 Å². The third-order valence-corrected chi connectivity index (χ3v) is 6.48. The van der Waals surface area contributed by atoms with E-state index >= 15 is 0 Å². The molecule has 6 heteroatoms. The highest BCUT2D eigenvalue weighted by Gasteiger charge is 2.44. The van der Waals surface area contributed by atoms with Crippen LogP contribution in [0, 0.1) is 5.41 Å². The lowest BCUT2D eigenvalue weighted by atomic mass is 9.79. The predicted molar refractivity (Wildman–Crippen MR) is 129 cm³/mol. The highest BCUT2D eigenvalue weighted by atomic mass is 16.5. The van der Waals surface area contributed by atoms with Gasteiger partial charge in [-0.15, -0.1) is 0 Å². The summed E-state index contributed by atoms with van der Waals surface area (Å²) >= 11 is 0. The third-order valence-electron chi connectivity index (χ3n) is 6.48. The normalized spacial score (nSPS) is 18.2. The number of pyridine rings is 1. The number of hydrogen-bond acceptors (Lipinski definition) is 5. The maximum atomic E-state index is 13.1. The van der Waals surface area contributed by atoms with Crippen molar-refractivity contribution in [3.63, 3.8) is 0 Å². The van der Waals surface area contributed by atoms with E-state index in [0.29, 0.717) is 19.5 Å². The van der Waals surface area contributed by atoms with Crippen LogP contribution < -0.4 is 14.8 Å². The highest BCUT2D eigenvalue weighted by Crippen LogP contribution is 2.38. The Hall–Kier alpha value is -3.38. The molecule has 1 N–H and O–H groups in total. The van der Waals surface area contributed by atoms with E-state index in [1.54, 1.807) is 27.5 Å². The van der Waals surface area contributed by atoms with E-state index in [0.717, 1.165) is 46.7 Å². The molecule has 2 aromatic carbocycles. The number of carbonyl (C=O) groups is 1. The van der Waals surface area contributed by atoms with E-state index in [4.69, 9.17) is 9.47 Å². The van der Waals surface area contributed by atoms with Crippen LogP contribution in [0.4, 0.5) is 0 Å². The Kier molecular flexibility index (Phi) is 6.94. The molecule has 1 amide bonds. The smallest absolute Gasteiger partial charge is 0.227 e. The van der Waals surface area contributed by atoms with Crippen LogP contribution in [-0.4, -0.2) is 50.1 Å². The van der Waals surface area contributed by atoms with Gasteiger partial charge in [-0.2, -0.15) is 0 Å². The van der Waals surface area contributed by atoms with Gasteiger partial charge >= 0.3 is 0 Å². The van der Waals surface area contributed by atoms with Gasteiger partial charge in [0, 0.05) is 38.1 Å². The molecule has 1 unspecified atom stereocenters. The molecule has 0 saturated carbocycles. The minimum Gasteiger partial charge on any atom is -0.493 e. The topological polar surface area (TPSA) is 63.7 Å². The van der Waals surface area contributed by atoms with E-state index in [9.17, 15) is 4.79 Å². The van der Waals surface area contributed by atoms with Gasteiger partial charge in [-0.3, -0.25) is 14.7 Å². The van der Waals surface area contributed by atoms with Crippen molar-refractivity contribution in [1.82, 2.24) is 15.2 Å². The first-order valence-electron chi connectivity index (χ1n) is 11.2. The monoisotopic (exact) mass is 445 g/mol. The van der Waals surface area contributed by atoms with Gasteiger partial charge < -0.3 is 14.8 Å². The molecule has 2 heterocycles. The largest absolute Gasteiger partial charge is 0.493 e. The van der Waals surface area contributed by atoms with Gasteiger partial charge in [0.05, 0.1) is 19.6 Å². The van der Waals surface area contributed by atoms with E-state index in [2.05, 4.69) is 51.6 Å². The van der Waals surface area contributed by atoms with E-state index in [-0.39, 0.29) is 5.91 Å². The van der Waals surface area contributed by atoms with E-state index in [1.807, 2.05) is 24.4 Å². The number of nitrogens with zero attached hydrogens (tertiary/aromatic N) is 2. The standard InChI is InChI=1S/C27H31N3O3/c1-28-26(31)27(16-20-7-4-8-21(15-20)22-10-6-13-29-17-22)12-14-30(19-27)18-23-9-5-11-24(32-2)25(23)33-3/h4-11,13,15,17H,12,14,16,18-19H2,1-3H3,(H,28,31). The SMILES string of the molecule is CNC(=O)C1(Cc2cccc(-c3cccnc3)c2)CCN(Cc2cccc(OC)c2OC)C1. The number of amides is 1. The number of benzene rings is 2. The van der Waals surface area contributed by atoms with Crippen molar-refractivity contribution in [2.45, 2.75) is 19.4 Å². The molecular weight excluding hydrogens is 414 g/mol. The van der Waals surface area contributed by atoms with Crippen molar-refractivity contribution in [3.8, 4) is 22.6 Å². The molecule has 1 aromatic heterocycles. The molecule has 1 aliphatic rings. The Bertz CT molecular complexity index is 1100. The van der Waals surface area contributed by atoms with Crippen molar-refractivity contribution >= 4 is 5.91 Å². The van der Waals surface area contributed by atoms with Crippen LogP contribution in [0.3, 0.4) is 0 Å². The van der Waals surface area contributed by atoms with Crippen LogP contribution in [0.2, 0.25) is 0 Å². The fourth-order valence-electron chi connectivity index (χ4n) is 4.87. The van der Waals surface area contributed by atoms with Crippen LogP contribution in [-0.2, 0) is 17.8 Å². The maximum absolute atomic E-state index is 13.1. The number of aromatic nitrogens is 1. The zero-order valence-corrected chi connectivity index (χ0v) is 19.5. The molecule has 0 spiro atoms. The summed E-state index contributed by atoms with van der Waals surface area (Å²) in [5.74, 6) is 1.56. The summed E-state index contributed by atoms with van der Waals surface area (Å²) in [5, 5.41) is 2.92. The lowest BCUT2D eigenvalue weighted by Gasteiger charge is -2.28. The Labute approximate surface area is 195 Å². The van der Waals surface area contributed by atoms with Crippen molar-refractivity contribution < 1.29 is 14.3 Å². The third kappa shape index (κ3) is 4.86. The molecule has 1 aliphatic heterocycles. The molecule has 1 atom stereocenters. The van der Waals surface area contributed by atoms with Gasteiger partial charge in [0.25, 0.3) is 0 Å². The summed E-state index contributed by atoms with van der Waals surface area (Å²) in [4.78, 5) is 19.7. The van der Waals surface area contributed by atoms with Crippen LogP contribution >= 0.6 is 0 Å². The second-order valence-electron chi connectivity index (χ2n) is 8.59. The van der Waals surface area contributed by atoms with Crippen LogP contribution in [0.1, 0.15) is 17.5 Å². The predicted octanol–water partition coefficient (Wildman–Crippen LogP) is 3.95. The average molecular weight is 446 g/mol. The zero-order valence-electron chi connectivity index (χ0n) is 19.5. The molecule has 33 heavy (non-hydrogen) atoms. The summed E-state index contributed by atoms with van der Waals surface area (Å²) in [6.45, 7) is 2.23. The fourth-order valence-corrected chi connectivity index (χ4v) is 4.87. The molecule has 172 valence electrons. The molecule has 3 aromatic rings. The Morgan fingerprint density at radius 3 is 2.64 bits per heavy atom. The first kappa shape index (κ1) is 22.8. The number of likely N-dealkylation sites (tertiary alicyclic amines) is 1. The first-order valence-corrected chi connectivity index (χ1v) is 11.2. The molecule has 0 aliphatic carbocycles. The summed E-state index contributed by atoms with van der Waals surface area (Å²) in [7, 11) is 5.03. The summed E-state index contributed by atoms with van der Waals surface area (Å²) in [6, 6.07) is 18.4. The number of nitrogens with one attached hydrogen (secondary N) is 1. The van der Waals surface area contributed by atoms with Gasteiger partial charge in [0.1, 0.15) is 0 Å². The zero-order chi connectivity index (χ0) is 23.3. The Morgan fingerprint density at radius 2 is 1.91 bits per heavy atom. The van der Waals surface area contributed by atoms with Gasteiger partial charge in [0.15, 0.2) is 11.5 Å². The summed E-state index contributed by atoms with van der Waals surface area (Å²) in [5.41, 5.74) is 3.92. The van der Waals surface area contributed by atoms with Crippen LogP contribution in [0.5, 0.6) is 11.5 Å². The van der Waals surface area contributed by atoms with Crippen LogP contribution in [0.15, 0.2) is 67.0 Å². The second-order valence-corrected chi connectivity index (χ2v) is 8.59. The van der Waals surface area contributed by atoms with Gasteiger partial charge in [-0.1, -0.05) is 42.5 Å². The van der Waals surface area contributed by atoms with Crippen molar-refractivity contribution in [2.24, 2.45) is 5.41 Å². The Morgan fingerprint density at radius 1 is 1.09 bits per heavy atom. The molecule has 0 bridgehead atoms. The van der Waals surface area contributed by atoms with Gasteiger partial charge in [0.2, 0.25) is 5.91 Å². The van der Waals surface area contributed by atoms with Gasteiger partial charge in [-0.25, -0.2) is 0 Å². The quantitative estimate of drug-likeness (QED) is 0.569. The number of carbonyl (C=O) groups excluding carboxylic acids is 1. The Balaban J connectivity index is 1.56. The average Bonchev–Trinajstić information content (AvgIpc) is 3.27. The van der Waals surface area contributed by atoms with E-state index in [1.165, 1.54) is 0 Å². The van der Waals surface area contributed by atoms with E-state index < -0.39 is 5.41 Å². The molecular formula is C27H31N3O3. The minimum atomic E-state index is -0.478. The lowest BCUT2D eigenvalue weighted by molar-refractivity contribution is -0.130. The molecule has 1 saturated heterocycles. The number of ether oxygens (including phenoxy) is 2. The number of hydrogen-bond donors (Lipinski definition) is 1. The molecule has 1 fully saturated rings. The second kappa shape index (κ2) is 10.0. The highest BCUT2D eigenvalue weighted by molar-refractivity contribution is 5.83. The number of rotatable bonds is 8. The van der Waals surface area contributed by atoms with Crippen molar-refractivity contribution in [3.05, 3.63) is 78.1 Å².